The summed E-state index contributed by atoms with van der Waals surface area (Å²) in [6, 6.07) is 12.3. The molecule has 2 aromatic carbocycles. The number of anilines is 1. The van der Waals surface area contributed by atoms with Crippen molar-refractivity contribution in [3.63, 3.8) is 0 Å². The minimum atomic E-state index is -0.514. The summed E-state index contributed by atoms with van der Waals surface area (Å²) in [4.78, 5) is 28.8. The van der Waals surface area contributed by atoms with Gasteiger partial charge in [0.15, 0.2) is 6.61 Å². The lowest BCUT2D eigenvalue weighted by atomic mass is 10.00. The Morgan fingerprint density at radius 3 is 2.35 bits per heavy atom. The first-order chi connectivity index (χ1) is 14.7. The van der Waals surface area contributed by atoms with Crippen molar-refractivity contribution in [2.24, 2.45) is 0 Å². The predicted molar refractivity (Wildman–Crippen MR) is 120 cm³/mol. The highest BCUT2D eigenvalue weighted by Crippen LogP contribution is 2.37. The number of ether oxygens (including phenoxy) is 2. The number of benzene rings is 2. The number of hydrogen-bond acceptors (Lipinski definition) is 4. The third-order valence-corrected chi connectivity index (χ3v) is 5.64. The van der Waals surface area contributed by atoms with Gasteiger partial charge in [0, 0.05) is 13.1 Å². The van der Waals surface area contributed by atoms with E-state index >= 15 is 0 Å². The smallest absolute Gasteiger partial charge is 0.410 e. The van der Waals surface area contributed by atoms with Gasteiger partial charge >= 0.3 is 6.09 Å². The first kappa shape index (κ1) is 21.2. The fourth-order valence-corrected chi connectivity index (χ4v) is 3.98. The molecule has 6 heteroatoms. The Morgan fingerprint density at radius 1 is 1.06 bits per heavy atom. The van der Waals surface area contributed by atoms with Crippen molar-refractivity contribution in [2.45, 2.75) is 52.7 Å². The van der Waals surface area contributed by atoms with Gasteiger partial charge in [-0.1, -0.05) is 29.8 Å². The highest BCUT2D eigenvalue weighted by atomic mass is 16.6. The van der Waals surface area contributed by atoms with Gasteiger partial charge in [-0.3, -0.25) is 4.79 Å². The maximum absolute atomic E-state index is 12.7. The summed E-state index contributed by atoms with van der Waals surface area (Å²) in [5.74, 6) is 0.688. The van der Waals surface area contributed by atoms with Crippen LogP contribution in [0.15, 0.2) is 36.4 Å². The van der Waals surface area contributed by atoms with Crippen LogP contribution in [0, 0.1) is 6.92 Å². The number of aryl methyl sites for hydroxylation is 1. The summed E-state index contributed by atoms with van der Waals surface area (Å²) in [6.45, 7) is 9.43. The van der Waals surface area contributed by atoms with E-state index in [-0.39, 0.29) is 18.6 Å². The molecule has 0 saturated carbocycles. The van der Waals surface area contributed by atoms with Crippen molar-refractivity contribution < 1.29 is 19.1 Å². The van der Waals surface area contributed by atoms with Crippen molar-refractivity contribution in [1.29, 1.82) is 0 Å². The maximum atomic E-state index is 12.7. The fourth-order valence-electron chi connectivity index (χ4n) is 3.98. The van der Waals surface area contributed by atoms with Gasteiger partial charge in [-0.05, 0) is 69.4 Å². The molecule has 2 amide bonds. The van der Waals surface area contributed by atoms with Crippen molar-refractivity contribution >= 4 is 17.7 Å². The number of hydrogen-bond donors (Lipinski definition) is 0. The standard InChI is InChI=1S/C25H30N2O4/c1-17-5-7-18(8-6-17)15-27-21-13-19-9-11-26(24(29)31-25(2,3)4)12-10-20(19)14-22(21)30-16-23(27)28/h5-8,13-14H,9-12,15-16H2,1-4H3. The van der Waals surface area contributed by atoms with Gasteiger partial charge in [0.2, 0.25) is 0 Å². The van der Waals surface area contributed by atoms with Crippen LogP contribution < -0.4 is 9.64 Å². The Kier molecular flexibility index (Phi) is 5.65. The number of carbonyl (C=O) groups is 2. The zero-order valence-corrected chi connectivity index (χ0v) is 18.7. The van der Waals surface area contributed by atoms with Crippen LogP contribution in [0.1, 0.15) is 43.0 Å². The van der Waals surface area contributed by atoms with Crippen LogP contribution in [0.3, 0.4) is 0 Å². The monoisotopic (exact) mass is 422 g/mol. The molecule has 2 heterocycles. The van der Waals surface area contributed by atoms with Gasteiger partial charge in [-0.2, -0.15) is 0 Å². The molecule has 0 aromatic heterocycles. The molecular weight excluding hydrogens is 392 g/mol. The molecule has 0 fully saturated rings. The number of nitrogens with zero attached hydrogens (tertiary/aromatic N) is 2. The summed E-state index contributed by atoms with van der Waals surface area (Å²) in [6.07, 6.45) is 1.17. The van der Waals surface area contributed by atoms with E-state index in [1.165, 1.54) is 5.56 Å². The molecule has 0 aliphatic carbocycles. The summed E-state index contributed by atoms with van der Waals surface area (Å²) >= 11 is 0. The molecule has 0 atom stereocenters. The van der Waals surface area contributed by atoms with E-state index in [0.29, 0.717) is 26.1 Å². The average Bonchev–Trinajstić information content (AvgIpc) is 2.91. The molecule has 6 nitrogen and oxygen atoms in total. The van der Waals surface area contributed by atoms with E-state index in [4.69, 9.17) is 9.47 Å². The fraction of sp³-hybridized carbons (Fsp3) is 0.440. The highest BCUT2D eigenvalue weighted by molar-refractivity contribution is 5.98. The first-order valence-electron chi connectivity index (χ1n) is 10.8. The first-order valence-corrected chi connectivity index (χ1v) is 10.8. The van der Waals surface area contributed by atoms with E-state index in [1.54, 1.807) is 9.80 Å². The van der Waals surface area contributed by atoms with Gasteiger partial charge in [-0.25, -0.2) is 4.79 Å². The van der Waals surface area contributed by atoms with E-state index < -0.39 is 5.60 Å². The third kappa shape index (κ3) is 4.84. The maximum Gasteiger partial charge on any atom is 0.410 e. The van der Waals surface area contributed by atoms with Crippen LogP contribution in [-0.2, 0) is 28.9 Å². The lowest BCUT2D eigenvalue weighted by Crippen LogP contribution is -2.38. The molecule has 2 aliphatic heterocycles. The van der Waals surface area contributed by atoms with Crippen LogP contribution in [0.25, 0.3) is 0 Å². The Morgan fingerprint density at radius 2 is 1.71 bits per heavy atom. The van der Waals surface area contributed by atoms with Gasteiger partial charge in [0.05, 0.1) is 12.2 Å². The lowest BCUT2D eigenvalue weighted by Gasteiger charge is -2.30. The number of carbonyl (C=O) groups excluding carboxylic acids is 2. The summed E-state index contributed by atoms with van der Waals surface area (Å²) < 4.78 is 11.3. The second kappa shape index (κ2) is 8.25. The van der Waals surface area contributed by atoms with Crippen LogP contribution >= 0.6 is 0 Å². The minimum absolute atomic E-state index is 0.0433. The molecule has 0 saturated heterocycles. The van der Waals surface area contributed by atoms with Crippen molar-refractivity contribution in [1.82, 2.24) is 4.90 Å². The molecule has 2 aliphatic rings. The molecule has 0 radical (unpaired) electrons. The topological polar surface area (TPSA) is 59.1 Å². The SMILES string of the molecule is Cc1ccc(CN2C(=O)COc3cc4c(cc32)CCN(C(=O)OC(C)(C)C)CC4)cc1. The molecule has 164 valence electrons. The minimum Gasteiger partial charge on any atom is -0.482 e. The highest BCUT2D eigenvalue weighted by Gasteiger charge is 2.29. The van der Waals surface area contributed by atoms with E-state index in [9.17, 15) is 9.59 Å². The van der Waals surface area contributed by atoms with Crippen molar-refractivity contribution in [3.8, 4) is 5.75 Å². The Labute approximate surface area is 183 Å². The quantitative estimate of drug-likeness (QED) is 0.726. The van der Waals surface area contributed by atoms with Crippen LogP contribution in [0.5, 0.6) is 5.75 Å². The second-order valence-electron chi connectivity index (χ2n) is 9.31. The van der Waals surface area contributed by atoms with Crippen molar-refractivity contribution in [3.05, 3.63) is 58.7 Å². The molecule has 31 heavy (non-hydrogen) atoms. The molecule has 0 spiro atoms. The second-order valence-corrected chi connectivity index (χ2v) is 9.31. The van der Waals surface area contributed by atoms with Crippen molar-refractivity contribution in [2.75, 3.05) is 24.6 Å². The molecule has 0 bridgehead atoms. The number of amides is 2. The van der Waals surface area contributed by atoms with Gasteiger partial charge in [0.25, 0.3) is 5.91 Å². The third-order valence-electron chi connectivity index (χ3n) is 5.64. The van der Waals surface area contributed by atoms with Crippen LogP contribution in [0.4, 0.5) is 10.5 Å². The van der Waals surface area contributed by atoms with E-state index in [0.717, 1.165) is 34.5 Å². The number of rotatable bonds is 2. The van der Waals surface area contributed by atoms with Gasteiger partial charge < -0.3 is 19.3 Å². The lowest BCUT2D eigenvalue weighted by molar-refractivity contribution is -0.121. The normalized spacial score (nSPS) is 16.2. The van der Waals surface area contributed by atoms with Crippen LogP contribution in [0.2, 0.25) is 0 Å². The Balaban J connectivity index is 1.56. The Hall–Kier alpha value is -3.02. The average molecular weight is 423 g/mol. The Bertz CT molecular complexity index is 992. The molecule has 0 N–H and O–H groups in total. The molecular formula is C25H30N2O4. The molecule has 2 aromatic rings. The summed E-state index contributed by atoms with van der Waals surface area (Å²) in [7, 11) is 0. The largest absolute Gasteiger partial charge is 0.482 e. The molecule has 0 unspecified atom stereocenters. The van der Waals surface area contributed by atoms with E-state index in [2.05, 4.69) is 37.3 Å². The zero-order valence-electron chi connectivity index (χ0n) is 18.7. The summed E-state index contributed by atoms with van der Waals surface area (Å²) in [5.41, 5.74) is 4.88. The zero-order chi connectivity index (χ0) is 22.2. The predicted octanol–water partition coefficient (Wildman–Crippen LogP) is 4.26. The van der Waals surface area contributed by atoms with Crippen LogP contribution in [-0.4, -0.2) is 42.2 Å². The van der Waals surface area contributed by atoms with Gasteiger partial charge in [-0.15, -0.1) is 0 Å². The number of fused-ring (bicyclic) bond motifs is 2. The molecule has 4 rings (SSSR count). The van der Waals surface area contributed by atoms with E-state index in [1.807, 2.05) is 26.8 Å². The van der Waals surface area contributed by atoms with Gasteiger partial charge in [0.1, 0.15) is 11.4 Å². The summed E-state index contributed by atoms with van der Waals surface area (Å²) in [5, 5.41) is 0.